The quantitative estimate of drug-likeness (QED) is 0.175. The number of benzene rings is 3. The van der Waals surface area contributed by atoms with Gasteiger partial charge in [-0.1, -0.05) is 67.3 Å². The van der Waals surface area contributed by atoms with E-state index in [1.807, 2.05) is 18.2 Å². The van der Waals surface area contributed by atoms with E-state index >= 15 is 0 Å². The Balaban J connectivity index is 1.15. The molecule has 2 N–H and O–H groups in total. The summed E-state index contributed by atoms with van der Waals surface area (Å²) in [7, 11) is 0. The minimum Gasteiger partial charge on any atom is -0.442 e. The van der Waals surface area contributed by atoms with Crippen molar-refractivity contribution in [2.24, 2.45) is 11.8 Å². The Kier molecular flexibility index (Phi) is 10.0. The second kappa shape index (κ2) is 14.1. The second-order valence-electron chi connectivity index (χ2n) is 11.8. The fourth-order valence-corrected chi connectivity index (χ4v) is 6.42. The predicted molar refractivity (Wildman–Crippen MR) is 165 cm³/mol. The first-order chi connectivity index (χ1) is 21.2. The number of hydrogen-bond acceptors (Lipinski definition) is 7. The molecule has 2 aliphatic heterocycles. The lowest BCUT2D eigenvalue weighted by Gasteiger charge is -2.38. The minimum atomic E-state index is -1.10. The normalized spacial score (nSPS) is 21.9. The van der Waals surface area contributed by atoms with Crippen LogP contribution < -0.4 is 5.32 Å². The van der Waals surface area contributed by atoms with Crippen LogP contribution in [-0.2, 0) is 23.4 Å². The number of aliphatic hydroxyl groups is 1. The molecule has 9 nitrogen and oxygen atoms in total. The Hall–Kier alpha value is -4.12. The average Bonchev–Trinajstić information content (AvgIpc) is 3.35. The van der Waals surface area contributed by atoms with Gasteiger partial charge >= 0.3 is 6.09 Å². The predicted octanol–water partition coefficient (Wildman–Crippen LogP) is 5.25. The molecule has 2 saturated heterocycles. The number of amides is 1. The lowest BCUT2D eigenvalue weighted by molar-refractivity contribution is -0.384. The van der Waals surface area contributed by atoms with Crippen LogP contribution >= 0.6 is 0 Å². The number of nitro benzene ring substituents is 1. The molecule has 0 aromatic heterocycles. The highest BCUT2D eigenvalue weighted by molar-refractivity contribution is 5.67. The molecule has 3 aromatic rings. The largest absolute Gasteiger partial charge is 0.442 e. The number of carbonyl (C=O) groups is 1. The standard InChI is InChI=1S/C34H39FN4O5/c1-2-32(44-33(40)36-20-25-8-14-31(15-9-25)39(42)43)27-16-18-37(19-17-27)22-29-23-38(21-26-6-4-3-5-7-26)24-34(29,41)28-10-12-30(35)13-11-28/h2-15,27,29,32,41H,1,16-24H2,(H,36,40). The average molecular weight is 603 g/mol. The fourth-order valence-electron chi connectivity index (χ4n) is 6.42. The summed E-state index contributed by atoms with van der Waals surface area (Å²) < 4.78 is 19.4. The summed E-state index contributed by atoms with van der Waals surface area (Å²) >= 11 is 0. The van der Waals surface area contributed by atoms with E-state index < -0.39 is 22.7 Å². The van der Waals surface area contributed by atoms with Crippen LogP contribution in [0.3, 0.4) is 0 Å². The maximum atomic E-state index is 13.7. The first-order valence-corrected chi connectivity index (χ1v) is 15.0. The van der Waals surface area contributed by atoms with Crippen LogP contribution in [0.1, 0.15) is 29.5 Å². The third-order valence-corrected chi connectivity index (χ3v) is 8.85. The number of nitro groups is 1. The number of rotatable bonds is 11. The van der Waals surface area contributed by atoms with Gasteiger partial charge in [0.05, 0.1) is 4.92 Å². The molecule has 2 heterocycles. The molecule has 0 bridgehead atoms. The molecule has 1 amide bonds. The second-order valence-corrected chi connectivity index (χ2v) is 11.8. The molecular weight excluding hydrogens is 563 g/mol. The molecule has 44 heavy (non-hydrogen) atoms. The number of likely N-dealkylation sites (tertiary alicyclic amines) is 2. The van der Waals surface area contributed by atoms with E-state index in [0.717, 1.165) is 50.1 Å². The van der Waals surface area contributed by atoms with Gasteiger partial charge in [-0.2, -0.15) is 0 Å². The van der Waals surface area contributed by atoms with Crippen molar-refractivity contribution in [3.05, 3.63) is 124 Å². The van der Waals surface area contributed by atoms with E-state index in [9.17, 15) is 24.4 Å². The molecular formula is C34H39FN4O5. The monoisotopic (exact) mass is 602 g/mol. The van der Waals surface area contributed by atoms with Crippen LogP contribution in [0.25, 0.3) is 0 Å². The number of alkyl carbamates (subject to hydrolysis) is 1. The molecule has 0 saturated carbocycles. The minimum absolute atomic E-state index is 0.00744. The van der Waals surface area contributed by atoms with Crippen molar-refractivity contribution in [1.29, 1.82) is 0 Å². The number of nitrogens with one attached hydrogen (secondary N) is 1. The van der Waals surface area contributed by atoms with Crippen molar-refractivity contribution in [2.75, 3.05) is 32.7 Å². The Morgan fingerprint density at radius 1 is 1.07 bits per heavy atom. The molecule has 3 aromatic carbocycles. The SMILES string of the molecule is C=CC(OC(=O)NCc1ccc([N+](=O)[O-])cc1)C1CCN(CC2CN(Cc3ccccc3)CC2(O)c2ccc(F)cc2)CC1. The first kappa shape index (κ1) is 31.3. The number of ether oxygens (including phenoxy) is 1. The maximum Gasteiger partial charge on any atom is 0.408 e. The maximum absolute atomic E-state index is 13.7. The Labute approximate surface area is 257 Å². The summed E-state index contributed by atoms with van der Waals surface area (Å²) in [4.78, 5) is 27.5. The molecule has 232 valence electrons. The van der Waals surface area contributed by atoms with Gasteiger partial charge in [0.1, 0.15) is 17.5 Å². The summed E-state index contributed by atoms with van der Waals surface area (Å²) in [5.41, 5.74) is 1.53. The third-order valence-electron chi connectivity index (χ3n) is 8.85. The van der Waals surface area contributed by atoms with Crippen LogP contribution in [0.15, 0.2) is 91.5 Å². The van der Waals surface area contributed by atoms with Crippen molar-refractivity contribution in [3.8, 4) is 0 Å². The zero-order valence-electron chi connectivity index (χ0n) is 24.7. The zero-order valence-corrected chi connectivity index (χ0v) is 24.7. The molecule has 2 fully saturated rings. The summed E-state index contributed by atoms with van der Waals surface area (Å²) in [6.07, 6.45) is 2.27. The molecule has 10 heteroatoms. The lowest BCUT2D eigenvalue weighted by atomic mass is 9.83. The van der Waals surface area contributed by atoms with Gasteiger partial charge in [0.2, 0.25) is 0 Å². The van der Waals surface area contributed by atoms with Gasteiger partial charge in [-0.05, 0) is 54.8 Å². The van der Waals surface area contributed by atoms with Gasteiger partial charge < -0.3 is 20.1 Å². The van der Waals surface area contributed by atoms with E-state index in [4.69, 9.17) is 4.74 Å². The first-order valence-electron chi connectivity index (χ1n) is 15.0. The Morgan fingerprint density at radius 2 is 1.75 bits per heavy atom. The van der Waals surface area contributed by atoms with E-state index in [-0.39, 0.29) is 29.9 Å². The van der Waals surface area contributed by atoms with Crippen LogP contribution in [0.4, 0.5) is 14.9 Å². The van der Waals surface area contributed by atoms with Crippen molar-refractivity contribution in [2.45, 2.75) is 37.6 Å². The number of carbonyl (C=O) groups excluding carboxylic acids is 1. The van der Waals surface area contributed by atoms with Crippen LogP contribution in [0.2, 0.25) is 0 Å². The Morgan fingerprint density at radius 3 is 2.39 bits per heavy atom. The van der Waals surface area contributed by atoms with Gasteiger partial charge in [0.25, 0.3) is 5.69 Å². The van der Waals surface area contributed by atoms with Crippen LogP contribution in [0, 0.1) is 27.8 Å². The zero-order chi connectivity index (χ0) is 31.1. The molecule has 3 atom stereocenters. The topological polar surface area (TPSA) is 108 Å². The van der Waals surface area contributed by atoms with Gasteiger partial charge in [-0.3, -0.25) is 15.0 Å². The fraction of sp³-hybridized carbons (Fsp3) is 0.382. The van der Waals surface area contributed by atoms with E-state index in [1.54, 1.807) is 30.3 Å². The number of non-ortho nitro benzene ring substituents is 1. The molecule has 0 radical (unpaired) electrons. The lowest BCUT2D eigenvalue weighted by Crippen LogP contribution is -2.46. The van der Waals surface area contributed by atoms with Crippen LogP contribution in [0.5, 0.6) is 0 Å². The van der Waals surface area contributed by atoms with Gasteiger partial charge in [0.15, 0.2) is 0 Å². The van der Waals surface area contributed by atoms with Crippen molar-refractivity contribution in [3.63, 3.8) is 0 Å². The van der Waals surface area contributed by atoms with Crippen molar-refractivity contribution < 1.29 is 24.0 Å². The van der Waals surface area contributed by atoms with E-state index in [1.165, 1.54) is 29.8 Å². The highest BCUT2D eigenvalue weighted by Crippen LogP contribution is 2.39. The number of β-amino-alcohol motifs (C(OH)–C–C–N with tert-alkyl or cyclic N) is 1. The summed E-state index contributed by atoms with van der Waals surface area (Å²) in [5, 5.41) is 25.6. The molecule has 5 rings (SSSR count). The smallest absolute Gasteiger partial charge is 0.408 e. The molecule has 3 unspecified atom stereocenters. The molecule has 2 aliphatic rings. The summed E-state index contributed by atoms with van der Waals surface area (Å²) in [5.74, 6) is -0.276. The van der Waals surface area contributed by atoms with E-state index in [0.29, 0.717) is 13.1 Å². The Bertz CT molecular complexity index is 1410. The number of nitrogens with zero attached hydrogens (tertiary/aromatic N) is 3. The van der Waals surface area contributed by atoms with Gasteiger partial charge in [-0.15, -0.1) is 0 Å². The molecule has 0 aliphatic carbocycles. The van der Waals surface area contributed by atoms with Gasteiger partial charge in [-0.25, -0.2) is 9.18 Å². The number of halogens is 1. The highest BCUT2D eigenvalue weighted by Gasteiger charge is 2.47. The van der Waals surface area contributed by atoms with Crippen LogP contribution in [-0.4, -0.2) is 64.8 Å². The van der Waals surface area contributed by atoms with Gasteiger partial charge in [0, 0.05) is 56.7 Å². The highest BCUT2D eigenvalue weighted by atomic mass is 19.1. The van der Waals surface area contributed by atoms with Crippen molar-refractivity contribution >= 4 is 11.8 Å². The van der Waals surface area contributed by atoms with E-state index in [2.05, 4.69) is 33.8 Å². The van der Waals surface area contributed by atoms with Crippen molar-refractivity contribution in [1.82, 2.24) is 15.1 Å². The number of hydrogen-bond donors (Lipinski definition) is 2. The number of piperidine rings is 1. The summed E-state index contributed by atoms with van der Waals surface area (Å²) in [6.45, 7) is 8.27. The molecule has 0 spiro atoms. The summed E-state index contributed by atoms with van der Waals surface area (Å²) in [6, 6.07) is 22.4. The third kappa shape index (κ3) is 7.68.